The van der Waals surface area contributed by atoms with Crippen LogP contribution in [-0.2, 0) is 12.8 Å². The Labute approximate surface area is 173 Å². The van der Waals surface area contributed by atoms with Gasteiger partial charge in [0.2, 0.25) is 0 Å². The van der Waals surface area contributed by atoms with Crippen molar-refractivity contribution < 1.29 is 4.39 Å². The van der Waals surface area contributed by atoms with Gasteiger partial charge in [0.05, 0.1) is 11.0 Å². The van der Waals surface area contributed by atoms with Gasteiger partial charge in [0, 0.05) is 23.5 Å². The van der Waals surface area contributed by atoms with Gasteiger partial charge in [-0.2, -0.15) is 0 Å². The molecule has 150 valence electrons. The second-order valence-electron chi connectivity index (χ2n) is 8.03. The molecular formula is C25H22FN3O. The highest BCUT2D eigenvalue weighted by atomic mass is 19.1. The summed E-state index contributed by atoms with van der Waals surface area (Å²) in [6, 6.07) is 15.1. The largest absolute Gasteiger partial charge is 0.326 e. The minimum Gasteiger partial charge on any atom is -0.306 e. The Morgan fingerprint density at radius 2 is 1.97 bits per heavy atom. The van der Waals surface area contributed by atoms with Gasteiger partial charge in [-0.05, 0) is 85.4 Å². The van der Waals surface area contributed by atoms with E-state index in [9.17, 15) is 9.18 Å². The quantitative estimate of drug-likeness (QED) is 0.508. The lowest BCUT2D eigenvalue weighted by atomic mass is 9.93. The van der Waals surface area contributed by atoms with Gasteiger partial charge in [-0.1, -0.05) is 18.2 Å². The first-order chi connectivity index (χ1) is 14.5. The number of nitrogens with one attached hydrogen (secondary N) is 1. The molecule has 2 aromatic carbocycles. The average Bonchev–Trinajstić information content (AvgIpc) is 2.98. The summed E-state index contributed by atoms with van der Waals surface area (Å²) in [6.07, 6.45) is 5.43. The number of benzene rings is 2. The number of aromatic nitrogens is 3. The molecule has 5 heteroatoms. The van der Waals surface area contributed by atoms with Crippen LogP contribution in [0.25, 0.3) is 22.7 Å². The van der Waals surface area contributed by atoms with Gasteiger partial charge in [-0.15, -0.1) is 0 Å². The summed E-state index contributed by atoms with van der Waals surface area (Å²) in [5.41, 5.74) is 7.69. The number of aryl methyl sites for hydroxylation is 2. The minimum atomic E-state index is -0.221. The summed E-state index contributed by atoms with van der Waals surface area (Å²) in [5, 5.41) is 0. The fourth-order valence-corrected chi connectivity index (χ4v) is 4.39. The monoisotopic (exact) mass is 399 g/mol. The second-order valence-corrected chi connectivity index (χ2v) is 8.03. The smallest absolute Gasteiger partial charge is 0.306 e. The van der Waals surface area contributed by atoms with E-state index in [1.807, 2.05) is 44.2 Å². The minimum absolute atomic E-state index is 0.0806. The van der Waals surface area contributed by atoms with E-state index in [2.05, 4.69) is 22.1 Å². The molecule has 2 aromatic heterocycles. The van der Waals surface area contributed by atoms with Crippen LogP contribution in [0.1, 0.15) is 47.8 Å². The fourth-order valence-electron chi connectivity index (χ4n) is 4.39. The molecule has 2 heterocycles. The van der Waals surface area contributed by atoms with Crippen LogP contribution >= 0.6 is 0 Å². The summed E-state index contributed by atoms with van der Waals surface area (Å²) in [6.45, 7) is 3.99. The van der Waals surface area contributed by atoms with Crippen LogP contribution in [-0.4, -0.2) is 14.5 Å². The summed E-state index contributed by atoms with van der Waals surface area (Å²) in [7, 11) is 0. The molecule has 0 atom stereocenters. The van der Waals surface area contributed by atoms with Gasteiger partial charge in [0.25, 0.3) is 0 Å². The van der Waals surface area contributed by atoms with Crippen LogP contribution in [0.15, 0.2) is 59.5 Å². The number of hydrogen-bond donors (Lipinski definition) is 1. The molecule has 0 amide bonds. The van der Waals surface area contributed by atoms with Gasteiger partial charge in [-0.3, -0.25) is 9.55 Å². The summed E-state index contributed by atoms with van der Waals surface area (Å²) >= 11 is 0. The zero-order valence-corrected chi connectivity index (χ0v) is 16.9. The lowest BCUT2D eigenvalue weighted by Gasteiger charge is -2.12. The van der Waals surface area contributed by atoms with Crippen molar-refractivity contribution in [3.8, 4) is 0 Å². The molecule has 0 saturated carbocycles. The first-order valence-corrected chi connectivity index (χ1v) is 10.2. The first kappa shape index (κ1) is 18.6. The molecule has 1 N–H and O–H groups in total. The number of aromatic amines is 1. The molecule has 1 aliphatic rings. The summed E-state index contributed by atoms with van der Waals surface area (Å²) in [5.74, 6) is -0.221. The van der Waals surface area contributed by atoms with Crippen molar-refractivity contribution in [2.24, 2.45) is 0 Å². The molecule has 4 nitrogen and oxygen atoms in total. The molecule has 0 aliphatic heterocycles. The zero-order chi connectivity index (χ0) is 20.8. The van der Waals surface area contributed by atoms with Gasteiger partial charge >= 0.3 is 5.69 Å². The number of rotatable bonds is 2. The van der Waals surface area contributed by atoms with E-state index >= 15 is 0 Å². The molecule has 4 aromatic rings. The van der Waals surface area contributed by atoms with E-state index in [1.54, 1.807) is 16.8 Å². The summed E-state index contributed by atoms with van der Waals surface area (Å²) < 4.78 is 15.7. The Morgan fingerprint density at radius 1 is 1.10 bits per heavy atom. The molecule has 1 aliphatic carbocycles. The van der Waals surface area contributed by atoms with E-state index < -0.39 is 0 Å². The molecule has 0 fully saturated rings. The van der Waals surface area contributed by atoms with Crippen LogP contribution in [0, 0.1) is 5.82 Å². The number of imidazole rings is 1. The van der Waals surface area contributed by atoms with Crippen molar-refractivity contribution in [1.82, 2.24) is 14.5 Å². The second kappa shape index (κ2) is 7.10. The zero-order valence-electron chi connectivity index (χ0n) is 16.9. The van der Waals surface area contributed by atoms with E-state index in [-0.39, 0.29) is 17.5 Å². The third kappa shape index (κ3) is 3.07. The van der Waals surface area contributed by atoms with Crippen molar-refractivity contribution in [3.05, 3.63) is 99.0 Å². The van der Waals surface area contributed by atoms with Crippen molar-refractivity contribution in [2.75, 3.05) is 0 Å². The van der Waals surface area contributed by atoms with Crippen LogP contribution in [0.2, 0.25) is 0 Å². The van der Waals surface area contributed by atoms with Crippen molar-refractivity contribution >= 4 is 22.7 Å². The maximum atomic E-state index is 13.9. The lowest BCUT2D eigenvalue weighted by molar-refractivity contribution is 0.598. The SMILES string of the molecule is CC(C)n1c(=O)[nH]c2cc(/C=C3\c4ccc(F)cc4CCc4ncccc43)ccc21. The number of H-pyrrole nitrogens is 1. The van der Waals surface area contributed by atoms with Gasteiger partial charge in [-0.25, -0.2) is 9.18 Å². The number of pyridine rings is 1. The third-order valence-corrected chi connectivity index (χ3v) is 5.74. The predicted molar refractivity (Wildman–Crippen MR) is 118 cm³/mol. The Hall–Kier alpha value is -3.47. The fraction of sp³-hybridized carbons (Fsp3) is 0.200. The predicted octanol–water partition coefficient (Wildman–Crippen LogP) is 5.13. The van der Waals surface area contributed by atoms with Crippen LogP contribution in [0.3, 0.4) is 0 Å². The topological polar surface area (TPSA) is 50.7 Å². The highest BCUT2D eigenvalue weighted by molar-refractivity contribution is 5.95. The van der Waals surface area contributed by atoms with Crippen molar-refractivity contribution in [1.29, 1.82) is 0 Å². The van der Waals surface area contributed by atoms with Gasteiger partial charge in [0.1, 0.15) is 5.82 Å². The highest BCUT2D eigenvalue weighted by Crippen LogP contribution is 2.34. The number of nitrogens with zero attached hydrogens (tertiary/aromatic N) is 2. The van der Waals surface area contributed by atoms with Gasteiger partial charge in [0.15, 0.2) is 0 Å². The van der Waals surface area contributed by atoms with E-state index in [0.717, 1.165) is 57.4 Å². The molecule has 0 unspecified atom stereocenters. The highest BCUT2D eigenvalue weighted by Gasteiger charge is 2.19. The van der Waals surface area contributed by atoms with E-state index in [1.165, 1.54) is 6.07 Å². The van der Waals surface area contributed by atoms with Crippen molar-refractivity contribution in [3.63, 3.8) is 0 Å². The Bertz CT molecular complexity index is 1360. The van der Waals surface area contributed by atoms with Crippen molar-refractivity contribution in [2.45, 2.75) is 32.7 Å². The molecule has 0 spiro atoms. The number of halogens is 1. The number of hydrogen-bond acceptors (Lipinski definition) is 2. The standard InChI is InChI=1S/C25H22FN3O/c1-15(2)29-24-10-5-16(13-23(24)28-25(29)30)12-21-19-8-7-18(26)14-17(19)6-9-22-20(21)4-3-11-27-22/h3-5,7-8,10-15H,6,9H2,1-2H3,(H,28,30)/b21-12+. The maximum Gasteiger partial charge on any atom is 0.326 e. The normalized spacial score (nSPS) is 14.7. The lowest BCUT2D eigenvalue weighted by Crippen LogP contribution is -2.18. The van der Waals surface area contributed by atoms with Gasteiger partial charge < -0.3 is 4.98 Å². The van der Waals surface area contributed by atoms with E-state index in [0.29, 0.717) is 0 Å². The summed E-state index contributed by atoms with van der Waals surface area (Å²) in [4.78, 5) is 19.9. The van der Waals surface area contributed by atoms with Crippen LogP contribution in [0.5, 0.6) is 0 Å². The molecular weight excluding hydrogens is 377 g/mol. The first-order valence-electron chi connectivity index (χ1n) is 10.2. The molecule has 0 bridgehead atoms. The Balaban J connectivity index is 1.72. The van der Waals surface area contributed by atoms with Crippen LogP contribution < -0.4 is 5.69 Å². The Morgan fingerprint density at radius 3 is 2.80 bits per heavy atom. The van der Waals surface area contributed by atoms with E-state index in [4.69, 9.17) is 0 Å². The average molecular weight is 399 g/mol. The molecule has 0 saturated heterocycles. The Kier molecular flexibility index (Phi) is 4.39. The molecule has 30 heavy (non-hydrogen) atoms. The molecule has 0 radical (unpaired) electrons. The third-order valence-electron chi connectivity index (χ3n) is 5.74. The maximum absolute atomic E-state index is 13.9. The van der Waals surface area contributed by atoms with Crippen LogP contribution in [0.4, 0.5) is 4.39 Å². The number of fused-ring (bicyclic) bond motifs is 3. The molecule has 5 rings (SSSR count).